The van der Waals surface area contributed by atoms with E-state index in [1.807, 2.05) is 64.2 Å². The van der Waals surface area contributed by atoms with Crippen LogP contribution in [-0.4, -0.2) is 82.0 Å². The van der Waals surface area contributed by atoms with Gasteiger partial charge in [0, 0.05) is 43.0 Å². The molecular formula is C28H29N5O4S2. The first-order chi connectivity index (χ1) is 19.0. The monoisotopic (exact) mass is 563 g/mol. The van der Waals surface area contributed by atoms with E-state index >= 15 is 0 Å². The molecule has 0 N–H and O–H groups in total. The second-order valence-electron chi connectivity index (χ2n) is 9.03. The van der Waals surface area contributed by atoms with E-state index in [-0.39, 0.29) is 23.6 Å². The fourth-order valence-electron chi connectivity index (χ4n) is 4.54. The number of hydrogen-bond donors (Lipinski definition) is 0. The average molecular weight is 564 g/mol. The van der Waals surface area contributed by atoms with Crippen molar-refractivity contribution in [3.63, 3.8) is 0 Å². The Morgan fingerprint density at radius 1 is 1.00 bits per heavy atom. The molecule has 11 heteroatoms. The van der Waals surface area contributed by atoms with Crippen molar-refractivity contribution in [2.45, 2.75) is 18.1 Å². The summed E-state index contributed by atoms with van der Waals surface area (Å²) >= 11 is 2.97. The summed E-state index contributed by atoms with van der Waals surface area (Å²) in [6.45, 7) is 3.32. The molecule has 202 valence electrons. The number of aromatic nitrogens is 3. The lowest BCUT2D eigenvalue weighted by molar-refractivity contribution is -0.130. The van der Waals surface area contributed by atoms with Crippen molar-refractivity contribution in [2.75, 3.05) is 39.6 Å². The number of thioether (sulfide) groups is 1. The zero-order chi connectivity index (χ0) is 27.4. The van der Waals surface area contributed by atoms with Gasteiger partial charge >= 0.3 is 0 Å². The third kappa shape index (κ3) is 5.79. The number of nitrogens with zero attached hydrogens (tertiary/aromatic N) is 5. The molecule has 0 spiro atoms. The zero-order valence-electron chi connectivity index (χ0n) is 21.9. The van der Waals surface area contributed by atoms with Crippen molar-refractivity contribution < 1.29 is 19.1 Å². The highest BCUT2D eigenvalue weighted by atomic mass is 32.2. The van der Waals surface area contributed by atoms with Crippen LogP contribution in [0.25, 0.3) is 16.4 Å². The van der Waals surface area contributed by atoms with Crippen molar-refractivity contribution in [3.8, 4) is 27.9 Å². The molecular weight excluding hydrogens is 534 g/mol. The fourth-order valence-corrected chi connectivity index (χ4v) is 6.09. The van der Waals surface area contributed by atoms with Crippen LogP contribution in [0.5, 0.6) is 11.5 Å². The summed E-state index contributed by atoms with van der Waals surface area (Å²) in [5.74, 6) is 1.98. The number of benzene rings is 2. The molecule has 0 bridgehead atoms. The van der Waals surface area contributed by atoms with Crippen LogP contribution in [0, 0.1) is 0 Å². The van der Waals surface area contributed by atoms with Crippen LogP contribution in [0.3, 0.4) is 0 Å². The molecule has 9 nitrogen and oxygen atoms in total. The maximum Gasteiger partial charge on any atom is 0.254 e. The van der Waals surface area contributed by atoms with Gasteiger partial charge in [0.15, 0.2) is 11.0 Å². The van der Waals surface area contributed by atoms with Gasteiger partial charge in [0.05, 0.1) is 24.8 Å². The Labute approximate surface area is 235 Å². The van der Waals surface area contributed by atoms with Gasteiger partial charge < -0.3 is 19.3 Å². The first-order valence-electron chi connectivity index (χ1n) is 12.5. The Bertz CT molecular complexity index is 1420. The number of ether oxygens (including phenoxy) is 2. The topological polar surface area (TPSA) is 89.8 Å². The predicted octanol–water partition coefficient (Wildman–Crippen LogP) is 4.48. The van der Waals surface area contributed by atoms with Crippen molar-refractivity contribution in [3.05, 3.63) is 71.6 Å². The standard InChI is InChI=1S/C28H29N5O4S2/c1-19-17-31(11-12-32(19)27(35)20-14-22(36-2)16-23(15-20)37-3)25(34)18-39-28-30-29-26(24-10-7-13-38-24)33(28)21-8-5-4-6-9-21/h4-10,13-16,19H,11-12,17-18H2,1-3H3. The van der Waals surface area contributed by atoms with Crippen molar-refractivity contribution in [1.29, 1.82) is 0 Å². The average Bonchev–Trinajstić information content (AvgIpc) is 3.66. The smallest absolute Gasteiger partial charge is 0.254 e. The fraction of sp³-hybridized carbons (Fsp3) is 0.286. The quantitative estimate of drug-likeness (QED) is 0.292. The van der Waals surface area contributed by atoms with Gasteiger partial charge in [0.1, 0.15) is 11.5 Å². The van der Waals surface area contributed by atoms with Crippen LogP contribution in [-0.2, 0) is 4.79 Å². The Morgan fingerprint density at radius 2 is 1.74 bits per heavy atom. The molecule has 39 heavy (non-hydrogen) atoms. The number of hydrogen-bond acceptors (Lipinski definition) is 8. The van der Waals surface area contributed by atoms with Crippen LogP contribution in [0.4, 0.5) is 0 Å². The summed E-state index contributed by atoms with van der Waals surface area (Å²) in [5, 5.41) is 11.5. The molecule has 2 aromatic heterocycles. The third-order valence-corrected chi connectivity index (χ3v) is 8.33. The van der Waals surface area contributed by atoms with Crippen molar-refractivity contribution in [1.82, 2.24) is 24.6 Å². The molecule has 0 saturated carbocycles. The first-order valence-corrected chi connectivity index (χ1v) is 14.3. The molecule has 4 aromatic rings. The summed E-state index contributed by atoms with van der Waals surface area (Å²) in [6, 6.07) is 18.9. The van der Waals surface area contributed by atoms with Gasteiger partial charge in [0.2, 0.25) is 5.91 Å². The molecule has 3 heterocycles. The lowest BCUT2D eigenvalue weighted by Crippen LogP contribution is -2.55. The number of carbonyl (C=O) groups is 2. The molecule has 5 rings (SSSR count). The third-order valence-electron chi connectivity index (χ3n) is 6.55. The molecule has 0 radical (unpaired) electrons. The van der Waals surface area contributed by atoms with Crippen LogP contribution in [0.1, 0.15) is 17.3 Å². The molecule has 1 atom stereocenters. The van der Waals surface area contributed by atoms with Gasteiger partial charge in [0.25, 0.3) is 5.91 Å². The first kappa shape index (κ1) is 26.8. The van der Waals surface area contributed by atoms with E-state index in [9.17, 15) is 9.59 Å². The molecule has 1 saturated heterocycles. The minimum absolute atomic E-state index is 0.00211. The SMILES string of the molecule is COc1cc(OC)cc(C(=O)N2CCN(C(=O)CSc3nnc(-c4cccs4)n3-c3ccccc3)CC2C)c1. The Morgan fingerprint density at radius 3 is 2.38 bits per heavy atom. The Kier molecular flexibility index (Phi) is 8.18. The molecule has 1 fully saturated rings. The Balaban J connectivity index is 1.25. The molecule has 2 aromatic carbocycles. The van der Waals surface area contributed by atoms with E-state index in [2.05, 4.69) is 10.2 Å². The Hall–Kier alpha value is -3.83. The van der Waals surface area contributed by atoms with Gasteiger partial charge in [-0.2, -0.15) is 0 Å². The number of para-hydroxylation sites is 1. The second-order valence-corrected chi connectivity index (χ2v) is 10.9. The van der Waals surface area contributed by atoms with Crippen LogP contribution < -0.4 is 9.47 Å². The van der Waals surface area contributed by atoms with Gasteiger partial charge in [-0.25, -0.2) is 0 Å². The molecule has 1 unspecified atom stereocenters. The predicted molar refractivity (Wildman–Crippen MR) is 152 cm³/mol. The number of thiophene rings is 1. The number of carbonyl (C=O) groups excluding carboxylic acids is 2. The van der Waals surface area contributed by atoms with Crippen molar-refractivity contribution in [2.24, 2.45) is 0 Å². The highest BCUT2D eigenvalue weighted by Gasteiger charge is 2.31. The maximum absolute atomic E-state index is 13.3. The van der Waals surface area contributed by atoms with Crippen LogP contribution >= 0.6 is 23.1 Å². The lowest BCUT2D eigenvalue weighted by Gasteiger charge is -2.40. The highest BCUT2D eigenvalue weighted by Crippen LogP contribution is 2.31. The molecule has 2 amide bonds. The van der Waals surface area contributed by atoms with E-state index in [0.29, 0.717) is 41.9 Å². The summed E-state index contributed by atoms with van der Waals surface area (Å²) in [4.78, 5) is 31.1. The zero-order valence-corrected chi connectivity index (χ0v) is 23.6. The maximum atomic E-state index is 13.3. The lowest BCUT2D eigenvalue weighted by atomic mass is 10.1. The summed E-state index contributed by atoms with van der Waals surface area (Å²) in [5.41, 5.74) is 1.44. The summed E-state index contributed by atoms with van der Waals surface area (Å²) in [7, 11) is 3.11. The minimum Gasteiger partial charge on any atom is -0.497 e. The van der Waals surface area contributed by atoms with E-state index in [4.69, 9.17) is 9.47 Å². The number of rotatable bonds is 8. The highest BCUT2D eigenvalue weighted by molar-refractivity contribution is 7.99. The van der Waals surface area contributed by atoms with Gasteiger partial charge in [-0.15, -0.1) is 21.5 Å². The summed E-state index contributed by atoms with van der Waals surface area (Å²) < 4.78 is 12.6. The van der Waals surface area contributed by atoms with E-state index in [0.717, 1.165) is 16.4 Å². The molecule has 1 aliphatic rings. The largest absolute Gasteiger partial charge is 0.497 e. The summed E-state index contributed by atoms with van der Waals surface area (Å²) in [6.07, 6.45) is 0. The van der Waals surface area contributed by atoms with Crippen LogP contribution in [0.15, 0.2) is 71.2 Å². The minimum atomic E-state index is -0.143. The number of methoxy groups -OCH3 is 2. The van der Waals surface area contributed by atoms with E-state index in [1.54, 1.807) is 48.7 Å². The van der Waals surface area contributed by atoms with Gasteiger partial charge in [-0.1, -0.05) is 36.0 Å². The van der Waals surface area contributed by atoms with Gasteiger partial charge in [-0.05, 0) is 42.6 Å². The number of amides is 2. The molecule has 1 aliphatic heterocycles. The van der Waals surface area contributed by atoms with Crippen LogP contribution in [0.2, 0.25) is 0 Å². The van der Waals surface area contributed by atoms with Gasteiger partial charge in [-0.3, -0.25) is 14.2 Å². The van der Waals surface area contributed by atoms with Crippen molar-refractivity contribution >= 4 is 34.9 Å². The normalized spacial score (nSPS) is 15.3. The second kappa shape index (κ2) is 11.9. The molecule has 0 aliphatic carbocycles. The van der Waals surface area contributed by atoms with E-state index < -0.39 is 0 Å². The van der Waals surface area contributed by atoms with E-state index in [1.165, 1.54) is 11.8 Å². The number of piperazine rings is 1.